The van der Waals surface area contributed by atoms with E-state index >= 15 is 0 Å². The summed E-state index contributed by atoms with van der Waals surface area (Å²) in [5.74, 6) is 0.912. The number of nitrogens with zero attached hydrogens (tertiary/aromatic N) is 4. The number of fused-ring (bicyclic) bond motifs is 1. The molecule has 20 heavy (non-hydrogen) atoms. The van der Waals surface area contributed by atoms with E-state index in [-0.39, 0.29) is 0 Å². The summed E-state index contributed by atoms with van der Waals surface area (Å²) in [6.07, 6.45) is 2.05. The molecule has 3 heterocycles. The van der Waals surface area contributed by atoms with Gasteiger partial charge in [0, 0.05) is 18.8 Å². The van der Waals surface area contributed by atoms with Crippen LogP contribution in [0, 0.1) is 0 Å². The summed E-state index contributed by atoms with van der Waals surface area (Å²) in [5, 5.41) is 1.35. The molecule has 1 aliphatic heterocycles. The quantitative estimate of drug-likeness (QED) is 0.799. The summed E-state index contributed by atoms with van der Waals surface area (Å²) >= 11 is 6.13. The summed E-state index contributed by atoms with van der Waals surface area (Å²) in [6.45, 7) is 8.67. The van der Waals surface area contributed by atoms with Crippen molar-refractivity contribution in [2.24, 2.45) is 0 Å². The molecule has 3 rings (SSSR count). The van der Waals surface area contributed by atoms with Gasteiger partial charge in [0.05, 0.1) is 24.6 Å². The molecule has 2 aromatic heterocycles. The minimum absolute atomic E-state index is 0.292. The average molecular weight is 295 g/mol. The van der Waals surface area contributed by atoms with Crippen molar-refractivity contribution >= 4 is 28.5 Å². The van der Waals surface area contributed by atoms with Gasteiger partial charge in [0.15, 0.2) is 0 Å². The van der Waals surface area contributed by atoms with Crippen LogP contribution < -0.4 is 4.90 Å². The first-order chi connectivity index (χ1) is 9.58. The van der Waals surface area contributed by atoms with Gasteiger partial charge in [-0.25, -0.2) is 0 Å². The Balaban J connectivity index is 2.15. The number of halogens is 1. The number of ether oxygens (including phenoxy) is 1. The third kappa shape index (κ3) is 2.25. The number of rotatable bonds is 2. The molecule has 0 radical (unpaired) electrons. The molecule has 1 aliphatic rings. The molecule has 0 N–H and O–H groups in total. The molecular weight excluding hydrogens is 276 g/mol. The second-order valence-corrected chi connectivity index (χ2v) is 5.83. The van der Waals surface area contributed by atoms with Crippen LogP contribution in [0.25, 0.3) is 11.0 Å². The predicted molar refractivity (Wildman–Crippen MR) is 80.6 cm³/mol. The second kappa shape index (κ2) is 5.22. The van der Waals surface area contributed by atoms with Crippen molar-refractivity contribution in [2.45, 2.75) is 32.9 Å². The lowest BCUT2D eigenvalue weighted by Gasteiger charge is -2.34. The van der Waals surface area contributed by atoms with Crippen molar-refractivity contribution in [3.05, 3.63) is 17.5 Å². The molecule has 1 atom stereocenters. The topological polar surface area (TPSA) is 43.2 Å². The molecule has 0 aliphatic carbocycles. The van der Waals surface area contributed by atoms with Crippen LogP contribution in [0.1, 0.15) is 26.8 Å². The zero-order valence-corrected chi connectivity index (χ0v) is 12.8. The molecule has 6 heteroatoms. The van der Waals surface area contributed by atoms with Gasteiger partial charge in [-0.1, -0.05) is 0 Å². The lowest BCUT2D eigenvalue weighted by atomic mass is 10.2. The average Bonchev–Trinajstić information content (AvgIpc) is 2.82. The van der Waals surface area contributed by atoms with Gasteiger partial charge in [-0.05, 0) is 38.4 Å². The molecule has 5 nitrogen and oxygen atoms in total. The smallest absolute Gasteiger partial charge is 0.226 e. The largest absolute Gasteiger partial charge is 0.377 e. The zero-order chi connectivity index (χ0) is 14.3. The number of hydrogen-bond donors (Lipinski definition) is 0. The highest BCUT2D eigenvalue weighted by Gasteiger charge is 2.24. The number of aromatic nitrogens is 3. The third-order valence-corrected chi connectivity index (χ3v) is 3.89. The molecule has 1 fully saturated rings. The Bertz CT molecular complexity index is 625. The summed E-state index contributed by atoms with van der Waals surface area (Å²) in [4.78, 5) is 11.1. The van der Waals surface area contributed by atoms with E-state index in [0.717, 1.165) is 30.0 Å². The maximum absolute atomic E-state index is 6.13. The monoisotopic (exact) mass is 294 g/mol. The van der Waals surface area contributed by atoms with Crippen LogP contribution in [-0.4, -0.2) is 40.3 Å². The third-order valence-electron chi connectivity index (χ3n) is 3.72. The van der Waals surface area contributed by atoms with Crippen molar-refractivity contribution in [1.29, 1.82) is 0 Å². The second-order valence-electron chi connectivity index (χ2n) is 5.49. The van der Waals surface area contributed by atoms with Gasteiger partial charge in [0.25, 0.3) is 0 Å². The van der Waals surface area contributed by atoms with Crippen LogP contribution >= 0.6 is 11.6 Å². The Morgan fingerprint density at radius 2 is 2.20 bits per heavy atom. The normalized spacial score (nSPS) is 20.1. The minimum Gasteiger partial charge on any atom is -0.377 e. The molecule has 0 aromatic carbocycles. The van der Waals surface area contributed by atoms with Gasteiger partial charge in [-0.15, -0.1) is 0 Å². The van der Waals surface area contributed by atoms with Crippen molar-refractivity contribution < 1.29 is 4.74 Å². The molecular formula is C14H19ClN4O. The fourth-order valence-electron chi connectivity index (χ4n) is 2.67. The van der Waals surface area contributed by atoms with Crippen LogP contribution in [-0.2, 0) is 4.74 Å². The molecule has 0 amide bonds. The number of anilines is 1. The van der Waals surface area contributed by atoms with Crippen LogP contribution in [0.3, 0.4) is 0 Å². The maximum atomic E-state index is 6.13. The first-order valence-electron chi connectivity index (χ1n) is 6.96. The molecule has 0 bridgehead atoms. The van der Waals surface area contributed by atoms with Crippen molar-refractivity contribution in [2.75, 3.05) is 24.7 Å². The Morgan fingerprint density at radius 3 is 2.90 bits per heavy atom. The van der Waals surface area contributed by atoms with E-state index in [4.69, 9.17) is 16.3 Å². The van der Waals surface area contributed by atoms with E-state index in [1.54, 1.807) is 0 Å². The Kier molecular flexibility index (Phi) is 3.56. The molecule has 2 aromatic rings. The molecule has 0 saturated carbocycles. The summed E-state index contributed by atoms with van der Waals surface area (Å²) in [7, 11) is 0. The lowest BCUT2D eigenvalue weighted by Crippen LogP contribution is -2.44. The maximum Gasteiger partial charge on any atom is 0.226 e. The Hall–Kier alpha value is -1.33. The molecule has 0 spiro atoms. The van der Waals surface area contributed by atoms with Gasteiger partial charge in [-0.2, -0.15) is 9.97 Å². The summed E-state index contributed by atoms with van der Waals surface area (Å²) in [6, 6.07) is 2.71. The Morgan fingerprint density at radius 1 is 1.40 bits per heavy atom. The number of hydrogen-bond acceptors (Lipinski definition) is 4. The highest BCUT2D eigenvalue weighted by atomic mass is 35.5. The van der Waals surface area contributed by atoms with Gasteiger partial charge in [0.1, 0.15) is 11.5 Å². The highest BCUT2D eigenvalue weighted by Crippen LogP contribution is 2.30. The standard InChI is InChI=1S/C14H19ClN4O/c1-9(2)18-5-4-11-12(18)16-14(15)17-13(11)19-6-7-20-8-10(19)3/h4-5,9-10H,6-8H2,1-3H3/t10-/m1/s1. The summed E-state index contributed by atoms with van der Waals surface area (Å²) in [5.41, 5.74) is 0.897. The van der Waals surface area contributed by atoms with Crippen molar-refractivity contribution in [3.8, 4) is 0 Å². The van der Waals surface area contributed by atoms with Gasteiger partial charge in [-0.3, -0.25) is 0 Å². The Labute approximate surface area is 123 Å². The predicted octanol–water partition coefficient (Wildman–Crippen LogP) is 2.89. The summed E-state index contributed by atoms with van der Waals surface area (Å²) < 4.78 is 7.62. The van der Waals surface area contributed by atoms with E-state index < -0.39 is 0 Å². The minimum atomic E-state index is 0.292. The van der Waals surface area contributed by atoms with E-state index in [0.29, 0.717) is 24.0 Å². The van der Waals surface area contributed by atoms with E-state index in [1.165, 1.54) is 0 Å². The van der Waals surface area contributed by atoms with Crippen molar-refractivity contribution in [1.82, 2.24) is 14.5 Å². The molecule has 108 valence electrons. The van der Waals surface area contributed by atoms with Crippen molar-refractivity contribution in [3.63, 3.8) is 0 Å². The fraction of sp³-hybridized carbons (Fsp3) is 0.571. The number of morpholine rings is 1. The molecule has 0 unspecified atom stereocenters. The van der Waals surface area contributed by atoms with Crippen LogP contribution in [0.4, 0.5) is 5.82 Å². The molecule has 1 saturated heterocycles. The van der Waals surface area contributed by atoms with Gasteiger partial charge >= 0.3 is 0 Å². The van der Waals surface area contributed by atoms with Gasteiger partial charge < -0.3 is 14.2 Å². The fourth-order valence-corrected chi connectivity index (χ4v) is 2.83. The zero-order valence-electron chi connectivity index (χ0n) is 12.0. The lowest BCUT2D eigenvalue weighted by molar-refractivity contribution is 0.0987. The van der Waals surface area contributed by atoms with E-state index in [2.05, 4.69) is 52.5 Å². The highest BCUT2D eigenvalue weighted by molar-refractivity contribution is 6.28. The van der Waals surface area contributed by atoms with Gasteiger partial charge in [0.2, 0.25) is 5.28 Å². The van der Waals surface area contributed by atoms with Crippen LogP contribution in [0.5, 0.6) is 0 Å². The van der Waals surface area contributed by atoms with Crippen LogP contribution in [0.2, 0.25) is 5.28 Å². The van der Waals surface area contributed by atoms with Crippen LogP contribution in [0.15, 0.2) is 12.3 Å². The van der Waals surface area contributed by atoms with E-state index in [1.807, 2.05) is 0 Å². The first-order valence-corrected chi connectivity index (χ1v) is 7.34. The first kappa shape index (κ1) is 13.6. The SMILES string of the molecule is CC(C)n1ccc2c(N3CCOC[C@H]3C)nc(Cl)nc21. The van der Waals surface area contributed by atoms with E-state index in [9.17, 15) is 0 Å².